The van der Waals surface area contributed by atoms with Crippen LogP contribution in [0.2, 0.25) is 0 Å². The lowest BCUT2D eigenvalue weighted by Crippen LogP contribution is -2.34. The van der Waals surface area contributed by atoms with Gasteiger partial charge in [-0.3, -0.25) is 9.59 Å². The Morgan fingerprint density at radius 2 is 1.89 bits per heavy atom. The van der Waals surface area contributed by atoms with E-state index < -0.39 is 0 Å². The van der Waals surface area contributed by atoms with Gasteiger partial charge in [0.05, 0.1) is 23.9 Å². The van der Waals surface area contributed by atoms with Crippen molar-refractivity contribution < 1.29 is 14.3 Å². The predicted octanol–water partition coefficient (Wildman–Crippen LogP) is 4.37. The van der Waals surface area contributed by atoms with Crippen LogP contribution < -0.4 is 15.4 Å². The van der Waals surface area contributed by atoms with E-state index in [9.17, 15) is 9.59 Å². The summed E-state index contributed by atoms with van der Waals surface area (Å²) in [7, 11) is 1.63. The fourth-order valence-corrected chi connectivity index (χ4v) is 3.52. The SMILES string of the molecule is COc1cccc(CC(C)NC(=O)c2ccccc2NC(=O)c2ccsc2)c1. The Morgan fingerprint density at radius 1 is 1.07 bits per heavy atom. The number of amides is 2. The zero-order chi connectivity index (χ0) is 19.9. The van der Waals surface area contributed by atoms with Crippen molar-refractivity contribution in [2.24, 2.45) is 0 Å². The van der Waals surface area contributed by atoms with Gasteiger partial charge in [-0.2, -0.15) is 11.3 Å². The van der Waals surface area contributed by atoms with Gasteiger partial charge in [0.1, 0.15) is 5.75 Å². The first-order chi connectivity index (χ1) is 13.6. The van der Waals surface area contributed by atoms with Crippen LogP contribution in [0.1, 0.15) is 33.2 Å². The molecule has 28 heavy (non-hydrogen) atoms. The van der Waals surface area contributed by atoms with E-state index in [0.717, 1.165) is 11.3 Å². The number of hydrogen-bond acceptors (Lipinski definition) is 4. The van der Waals surface area contributed by atoms with Crippen LogP contribution in [0.4, 0.5) is 5.69 Å². The summed E-state index contributed by atoms with van der Waals surface area (Å²) in [5.41, 5.74) is 2.58. The topological polar surface area (TPSA) is 67.4 Å². The molecule has 0 aliphatic heterocycles. The van der Waals surface area contributed by atoms with Crippen molar-refractivity contribution in [1.29, 1.82) is 0 Å². The van der Waals surface area contributed by atoms with Gasteiger partial charge in [0, 0.05) is 11.4 Å². The van der Waals surface area contributed by atoms with Crippen molar-refractivity contribution in [1.82, 2.24) is 5.32 Å². The zero-order valence-electron chi connectivity index (χ0n) is 15.8. The lowest BCUT2D eigenvalue weighted by molar-refractivity contribution is 0.0941. The largest absolute Gasteiger partial charge is 0.497 e. The predicted molar refractivity (Wildman–Crippen MR) is 112 cm³/mol. The third-order valence-corrected chi connectivity index (χ3v) is 4.94. The molecule has 2 amide bonds. The summed E-state index contributed by atoms with van der Waals surface area (Å²) in [5.74, 6) is 0.333. The third kappa shape index (κ3) is 4.98. The number of thiophene rings is 1. The van der Waals surface area contributed by atoms with Crippen LogP contribution in [0.3, 0.4) is 0 Å². The fraction of sp³-hybridized carbons (Fsp3) is 0.182. The average Bonchev–Trinajstić information content (AvgIpc) is 3.23. The highest BCUT2D eigenvalue weighted by atomic mass is 32.1. The smallest absolute Gasteiger partial charge is 0.256 e. The second-order valence-electron chi connectivity index (χ2n) is 6.44. The van der Waals surface area contributed by atoms with E-state index in [2.05, 4.69) is 10.6 Å². The Kier molecular flexibility index (Phi) is 6.45. The Labute approximate surface area is 168 Å². The molecule has 0 bridgehead atoms. The standard InChI is InChI=1S/C22H22N2O3S/c1-15(12-16-6-5-7-18(13-16)27-2)23-22(26)19-8-3-4-9-20(19)24-21(25)17-10-11-28-14-17/h3-11,13-15H,12H2,1-2H3,(H,23,26)(H,24,25). The van der Waals surface area contributed by atoms with Crippen LogP contribution in [0.25, 0.3) is 0 Å². The highest BCUT2D eigenvalue weighted by Gasteiger charge is 2.16. The van der Waals surface area contributed by atoms with Crippen LogP contribution in [0.5, 0.6) is 5.75 Å². The van der Waals surface area contributed by atoms with Crippen LogP contribution in [-0.2, 0) is 6.42 Å². The number of benzene rings is 2. The average molecular weight is 394 g/mol. The van der Waals surface area contributed by atoms with Crippen molar-refractivity contribution in [3.63, 3.8) is 0 Å². The molecule has 1 aromatic heterocycles. The van der Waals surface area contributed by atoms with Gasteiger partial charge >= 0.3 is 0 Å². The van der Waals surface area contributed by atoms with Gasteiger partial charge in [-0.15, -0.1) is 0 Å². The van der Waals surface area contributed by atoms with Crippen molar-refractivity contribution in [2.75, 3.05) is 12.4 Å². The minimum Gasteiger partial charge on any atom is -0.497 e. The van der Waals surface area contributed by atoms with E-state index in [1.165, 1.54) is 11.3 Å². The second kappa shape index (κ2) is 9.19. The molecule has 1 heterocycles. The fourth-order valence-electron chi connectivity index (χ4n) is 2.88. The maximum Gasteiger partial charge on any atom is 0.256 e. The van der Waals surface area contributed by atoms with Gasteiger partial charge < -0.3 is 15.4 Å². The van der Waals surface area contributed by atoms with Crippen LogP contribution in [0, 0.1) is 0 Å². The lowest BCUT2D eigenvalue weighted by atomic mass is 10.1. The highest BCUT2D eigenvalue weighted by Crippen LogP contribution is 2.18. The summed E-state index contributed by atoms with van der Waals surface area (Å²) in [5, 5.41) is 9.44. The molecule has 0 saturated heterocycles. The normalized spacial score (nSPS) is 11.5. The Hall–Kier alpha value is -3.12. The summed E-state index contributed by atoms with van der Waals surface area (Å²) < 4.78 is 5.24. The van der Waals surface area contributed by atoms with Gasteiger partial charge in [0.15, 0.2) is 0 Å². The minimum atomic E-state index is -0.231. The van der Waals surface area contributed by atoms with Gasteiger partial charge in [-0.1, -0.05) is 24.3 Å². The number of carbonyl (C=O) groups is 2. The van der Waals surface area contributed by atoms with Crippen molar-refractivity contribution in [3.8, 4) is 5.75 Å². The van der Waals surface area contributed by atoms with E-state index in [1.807, 2.05) is 36.6 Å². The lowest BCUT2D eigenvalue weighted by Gasteiger charge is -2.16. The molecule has 0 aliphatic carbocycles. The van der Waals surface area contributed by atoms with E-state index >= 15 is 0 Å². The molecule has 1 atom stereocenters. The maximum atomic E-state index is 12.8. The molecular formula is C22H22N2O3S. The van der Waals surface area contributed by atoms with Crippen LogP contribution in [-0.4, -0.2) is 25.0 Å². The maximum absolute atomic E-state index is 12.8. The van der Waals surface area contributed by atoms with Crippen LogP contribution in [0.15, 0.2) is 65.4 Å². The third-order valence-electron chi connectivity index (χ3n) is 4.26. The second-order valence-corrected chi connectivity index (χ2v) is 7.22. The first kappa shape index (κ1) is 19.6. The number of para-hydroxylation sites is 1. The summed E-state index contributed by atoms with van der Waals surface area (Å²) in [6, 6.07) is 16.4. The Bertz CT molecular complexity index is 954. The van der Waals surface area contributed by atoms with E-state index in [4.69, 9.17) is 4.74 Å². The minimum absolute atomic E-state index is 0.0831. The van der Waals surface area contributed by atoms with E-state index in [1.54, 1.807) is 42.8 Å². The molecule has 1 unspecified atom stereocenters. The molecule has 5 nitrogen and oxygen atoms in total. The molecule has 3 aromatic rings. The molecule has 2 aromatic carbocycles. The molecule has 144 valence electrons. The molecule has 0 saturated carbocycles. The molecule has 0 aliphatic rings. The number of nitrogens with one attached hydrogen (secondary N) is 2. The number of methoxy groups -OCH3 is 1. The van der Waals surface area contributed by atoms with E-state index in [0.29, 0.717) is 23.2 Å². The summed E-state index contributed by atoms with van der Waals surface area (Å²) in [6.07, 6.45) is 0.673. The Balaban J connectivity index is 1.67. The summed E-state index contributed by atoms with van der Waals surface area (Å²) in [4.78, 5) is 25.1. The number of rotatable bonds is 7. The number of anilines is 1. The molecule has 6 heteroatoms. The molecule has 0 fully saturated rings. The number of hydrogen-bond donors (Lipinski definition) is 2. The summed E-state index contributed by atoms with van der Waals surface area (Å²) in [6.45, 7) is 1.95. The van der Waals surface area contributed by atoms with Crippen molar-refractivity contribution in [3.05, 3.63) is 82.0 Å². The monoisotopic (exact) mass is 394 g/mol. The zero-order valence-corrected chi connectivity index (χ0v) is 16.6. The van der Waals surface area contributed by atoms with Crippen molar-refractivity contribution >= 4 is 28.8 Å². The number of carbonyl (C=O) groups excluding carboxylic acids is 2. The van der Waals surface area contributed by atoms with Gasteiger partial charge in [-0.05, 0) is 54.6 Å². The molecule has 0 spiro atoms. The Morgan fingerprint density at radius 3 is 2.64 bits per heavy atom. The van der Waals surface area contributed by atoms with E-state index in [-0.39, 0.29) is 17.9 Å². The summed E-state index contributed by atoms with van der Waals surface area (Å²) >= 11 is 1.45. The first-order valence-electron chi connectivity index (χ1n) is 8.93. The van der Waals surface area contributed by atoms with Gasteiger partial charge in [0.2, 0.25) is 0 Å². The molecule has 2 N–H and O–H groups in total. The number of ether oxygens (including phenoxy) is 1. The molecule has 3 rings (SSSR count). The van der Waals surface area contributed by atoms with Crippen LogP contribution >= 0.6 is 11.3 Å². The van der Waals surface area contributed by atoms with Gasteiger partial charge in [-0.25, -0.2) is 0 Å². The molecule has 0 radical (unpaired) electrons. The quantitative estimate of drug-likeness (QED) is 0.625. The highest BCUT2D eigenvalue weighted by molar-refractivity contribution is 7.08. The van der Waals surface area contributed by atoms with Gasteiger partial charge in [0.25, 0.3) is 11.8 Å². The van der Waals surface area contributed by atoms with Crippen molar-refractivity contribution in [2.45, 2.75) is 19.4 Å². The molecular weight excluding hydrogens is 372 g/mol. The first-order valence-corrected chi connectivity index (χ1v) is 9.87.